The van der Waals surface area contributed by atoms with E-state index in [-0.39, 0.29) is 12.4 Å². The van der Waals surface area contributed by atoms with Gasteiger partial charge >= 0.3 is 0 Å². The highest BCUT2D eigenvalue weighted by Crippen LogP contribution is 2.30. The van der Waals surface area contributed by atoms with Crippen molar-refractivity contribution >= 4 is 12.4 Å². The lowest BCUT2D eigenvalue weighted by Gasteiger charge is -2.33. The largest absolute Gasteiger partial charge is 0.493 e. The Kier molecular flexibility index (Phi) is 8.30. The van der Waals surface area contributed by atoms with Gasteiger partial charge in [0.25, 0.3) is 0 Å². The molecule has 2 fully saturated rings. The minimum atomic E-state index is 0. The molecule has 1 heterocycles. The summed E-state index contributed by atoms with van der Waals surface area (Å²) >= 11 is 0. The summed E-state index contributed by atoms with van der Waals surface area (Å²) in [6.07, 6.45) is 4.89. The Morgan fingerprint density at radius 1 is 1.20 bits per heavy atom. The number of ether oxygens (including phenoxy) is 3. The number of methoxy groups -OCH3 is 2. The number of nitrogens with one attached hydrogen (secondary N) is 2. The molecule has 2 N–H and O–H groups in total. The van der Waals surface area contributed by atoms with Gasteiger partial charge < -0.3 is 24.8 Å². The summed E-state index contributed by atoms with van der Waals surface area (Å²) in [5, 5.41) is 7.41. The van der Waals surface area contributed by atoms with E-state index >= 15 is 0 Å². The van der Waals surface area contributed by atoms with E-state index < -0.39 is 0 Å². The van der Waals surface area contributed by atoms with Crippen molar-refractivity contribution in [3.05, 3.63) is 23.8 Å². The maximum atomic E-state index is 5.65. The van der Waals surface area contributed by atoms with Crippen LogP contribution in [-0.4, -0.2) is 52.6 Å². The van der Waals surface area contributed by atoms with E-state index in [2.05, 4.69) is 22.8 Å². The molecule has 5 nitrogen and oxygen atoms in total. The van der Waals surface area contributed by atoms with Crippen LogP contribution in [0.4, 0.5) is 0 Å². The Labute approximate surface area is 157 Å². The molecule has 25 heavy (non-hydrogen) atoms. The highest BCUT2D eigenvalue weighted by molar-refractivity contribution is 5.85. The summed E-state index contributed by atoms with van der Waals surface area (Å²) in [5.74, 6) is 2.28. The molecule has 1 aromatic rings. The van der Waals surface area contributed by atoms with E-state index in [0.29, 0.717) is 18.0 Å². The normalized spacial score (nSPS) is 26.1. The van der Waals surface area contributed by atoms with Gasteiger partial charge in [-0.3, -0.25) is 0 Å². The van der Waals surface area contributed by atoms with Crippen molar-refractivity contribution in [2.45, 2.75) is 37.8 Å². The van der Waals surface area contributed by atoms with Crippen LogP contribution in [0.2, 0.25) is 0 Å². The van der Waals surface area contributed by atoms with Crippen LogP contribution in [-0.2, 0) is 11.2 Å². The molecule has 6 heteroatoms. The zero-order chi connectivity index (χ0) is 16.8. The van der Waals surface area contributed by atoms with Gasteiger partial charge in [-0.15, -0.1) is 12.4 Å². The lowest BCUT2D eigenvalue weighted by molar-refractivity contribution is 0.0526. The number of halogens is 1. The van der Waals surface area contributed by atoms with Crippen molar-refractivity contribution in [2.75, 3.05) is 40.5 Å². The summed E-state index contributed by atoms with van der Waals surface area (Å²) in [6, 6.07) is 7.29. The van der Waals surface area contributed by atoms with Gasteiger partial charge in [0.2, 0.25) is 0 Å². The first kappa shape index (κ1) is 20.3. The molecular formula is C19H31ClN2O3. The third-order valence-electron chi connectivity index (χ3n) is 5.30. The van der Waals surface area contributed by atoms with E-state index in [0.717, 1.165) is 44.2 Å². The van der Waals surface area contributed by atoms with Gasteiger partial charge in [-0.05, 0) is 49.4 Å². The summed E-state index contributed by atoms with van der Waals surface area (Å²) in [6.45, 7) is 3.68. The fourth-order valence-corrected chi connectivity index (χ4v) is 4.02. The van der Waals surface area contributed by atoms with Gasteiger partial charge in [-0.2, -0.15) is 0 Å². The number of hydrogen-bond acceptors (Lipinski definition) is 5. The topological polar surface area (TPSA) is 51.8 Å². The quantitative estimate of drug-likeness (QED) is 0.772. The average Bonchev–Trinajstić information content (AvgIpc) is 3.11. The number of benzene rings is 1. The molecule has 0 radical (unpaired) electrons. The summed E-state index contributed by atoms with van der Waals surface area (Å²) in [4.78, 5) is 0. The molecule has 0 amide bonds. The zero-order valence-corrected chi connectivity index (χ0v) is 16.1. The Morgan fingerprint density at radius 2 is 2.04 bits per heavy atom. The highest BCUT2D eigenvalue weighted by Gasteiger charge is 2.34. The van der Waals surface area contributed by atoms with Crippen LogP contribution in [0.1, 0.15) is 24.8 Å². The first-order chi connectivity index (χ1) is 11.8. The molecule has 0 spiro atoms. The number of morpholine rings is 1. The molecule has 1 aromatic carbocycles. The Bertz CT molecular complexity index is 523. The highest BCUT2D eigenvalue weighted by atomic mass is 35.5. The standard InChI is InChI=1S/C19H30N2O3.ClH/c1-22-18-7-6-14(12-19(18)23-2)8-9-20-16-5-3-4-15(16)17-13-24-11-10-21-17;/h6-7,12,15-17,20-21H,3-5,8-11,13H2,1-2H3;1H. The summed E-state index contributed by atoms with van der Waals surface area (Å²) in [7, 11) is 3.35. The average molecular weight is 371 g/mol. The van der Waals surface area contributed by atoms with Crippen LogP contribution in [0, 0.1) is 5.92 Å². The monoisotopic (exact) mass is 370 g/mol. The summed E-state index contributed by atoms with van der Waals surface area (Å²) in [5.41, 5.74) is 1.27. The molecule has 1 aliphatic heterocycles. The Balaban J connectivity index is 0.00000225. The fourth-order valence-electron chi connectivity index (χ4n) is 4.02. The van der Waals surface area contributed by atoms with Crippen molar-refractivity contribution in [3.63, 3.8) is 0 Å². The molecule has 0 aromatic heterocycles. The molecule has 3 rings (SSSR count). The van der Waals surface area contributed by atoms with Crippen molar-refractivity contribution in [1.82, 2.24) is 10.6 Å². The van der Waals surface area contributed by atoms with E-state index in [9.17, 15) is 0 Å². The predicted octanol–water partition coefficient (Wildman–Crippen LogP) is 2.41. The van der Waals surface area contributed by atoms with Gasteiger partial charge in [0.05, 0.1) is 27.4 Å². The minimum absolute atomic E-state index is 0. The molecular weight excluding hydrogens is 340 g/mol. The molecule has 2 aliphatic rings. The third-order valence-corrected chi connectivity index (χ3v) is 5.30. The van der Waals surface area contributed by atoms with Gasteiger partial charge in [-0.1, -0.05) is 12.5 Å². The van der Waals surface area contributed by atoms with Crippen molar-refractivity contribution in [1.29, 1.82) is 0 Å². The van der Waals surface area contributed by atoms with Crippen molar-refractivity contribution < 1.29 is 14.2 Å². The maximum Gasteiger partial charge on any atom is 0.160 e. The smallest absolute Gasteiger partial charge is 0.160 e. The molecule has 3 atom stereocenters. The zero-order valence-electron chi connectivity index (χ0n) is 15.3. The predicted molar refractivity (Wildman–Crippen MR) is 102 cm³/mol. The lowest BCUT2D eigenvalue weighted by atomic mass is 9.94. The second kappa shape index (κ2) is 10.2. The molecule has 1 aliphatic carbocycles. The van der Waals surface area contributed by atoms with E-state index in [1.165, 1.54) is 24.8 Å². The van der Waals surface area contributed by atoms with Gasteiger partial charge in [0.1, 0.15) is 0 Å². The number of rotatable bonds is 7. The molecule has 3 unspecified atom stereocenters. The van der Waals surface area contributed by atoms with Crippen LogP contribution in [0.5, 0.6) is 11.5 Å². The van der Waals surface area contributed by atoms with Gasteiger partial charge in [-0.25, -0.2) is 0 Å². The second-order valence-corrected chi connectivity index (χ2v) is 6.73. The molecule has 0 bridgehead atoms. The third kappa shape index (κ3) is 5.23. The Hall–Kier alpha value is -1.01. The van der Waals surface area contributed by atoms with Crippen LogP contribution < -0.4 is 20.1 Å². The second-order valence-electron chi connectivity index (χ2n) is 6.73. The lowest BCUT2D eigenvalue weighted by Crippen LogP contribution is -2.51. The maximum absolute atomic E-state index is 5.65. The summed E-state index contributed by atoms with van der Waals surface area (Å²) < 4.78 is 16.3. The first-order valence-electron chi connectivity index (χ1n) is 9.07. The number of hydrogen-bond donors (Lipinski definition) is 2. The molecule has 142 valence electrons. The van der Waals surface area contributed by atoms with Crippen LogP contribution in [0.15, 0.2) is 18.2 Å². The van der Waals surface area contributed by atoms with Crippen molar-refractivity contribution in [3.8, 4) is 11.5 Å². The minimum Gasteiger partial charge on any atom is -0.493 e. The molecule has 1 saturated carbocycles. The molecule has 1 saturated heterocycles. The van der Waals surface area contributed by atoms with Crippen LogP contribution in [0.3, 0.4) is 0 Å². The van der Waals surface area contributed by atoms with Gasteiger partial charge in [0.15, 0.2) is 11.5 Å². The first-order valence-corrected chi connectivity index (χ1v) is 9.07. The fraction of sp³-hybridized carbons (Fsp3) is 0.684. The van der Waals surface area contributed by atoms with E-state index in [1.54, 1.807) is 14.2 Å². The van der Waals surface area contributed by atoms with Crippen LogP contribution in [0.25, 0.3) is 0 Å². The SMILES string of the molecule is COc1ccc(CCNC2CCCC2C2COCCN2)cc1OC.Cl. The Morgan fingerprint density at radius 3 is 2.76 bits per heavy atom. The van der Waals surface area contributed by atoms with Gasteiger partial charge in [0, 0.05) is 18.6 Å². The van der Waals surface area contributed by atoms with Crippen LogP contribution >= 0.6 is 12.4 Å². The van der Waals surface area contributed by atoms with E-state index in [1.807, 2.05) is 6.07 Å². The van der Waals surface area contributed by atoms with E-state index in [4.69, 9.17) is 14.2 Å². The van der Waals surface area contributed by atoms with Crippen molar-refractivity contribution in [2.24, 2.45) is 5.92 Å².